The third kappa shape index (κ3) is 4.54. The Morgan fingerprint density at radius 2 is 1.48 bits per heavy atom. The second-order valence-corrected chi connectivity index (χ2v) is 7.96. The molecular weight excluding hydrogens is 390 g/mol. The van der Waals surface area contributed by atoms with Gasteiger partial charge < -0.3 is 19.3 Å². The van der Waals surface area contributed by atoms with Gasteiger partial charge in [0, 0.05) is 12.0 Å². The summed E-state index contributed by atoms with van der Waals surface area (Å²) in [5.41, 5.74) is 2.87. The van der Waals surface area contributed by atoms with E-state index in [0.29, 0.717) is 13.0 Å². The van der Waals surface area contributed by atoms with Gasteiger partial charge in [-0.25, -0.2) is 4.79 Å². The van der Waals surface area contributed by atoms with Crippen molar-refractivity contribution in [2.75, 3.05) is 13.7 Å². The Morgan fingerprint density at radius 1 is 0.935 bits per heavy atom. The first-order valence-corrected chi connectivity index (χ1v) is 10.5. The van der Waals surface area contributed by atoms with Crippen LogP contribution in [0.15, 0.2) is 91.0 Å². The Hall–Kier alpha value is -2.99. The van der Waals surface area contributed by atoms with Crippen LogP contribution in [0.25, 0.3) is 0 Å². The number of benzene rings is 3. The van der Waals surface area contributed by atoms with Gasteiger partial charge in [0.15, 0.2) is 12.1 Å². The van der Waals surface area contributed by atoms with Gasteiger partial charge in [-0.3, -0.25) is 0 Å². The second kappa shape index (κ2) is 9.43. The number of hydroxylamine groups is 3. The molecular formula is C26H27NO4. The number of esters is 1. The summed E-state index contributed by atoms with van der Waals surface area (Å²) >= 11 is 0. The maximum absolute atomic E-state index is 14.2. The summed E-state index contributed by atoms with van der Waals surface area (Å²) in [6.07, 6.45) is 0.0502. The van der Waals surface area contributed by atoms with Crippen LogP contribution in [0.2, 0.25) is 0 Å². The fourth-order valence-corrected chi connectivity index (χ4v) is 4.39. The highest BCUT2D eigenvalue weighted by Gasteiger charge is 2.56. The molecule has 1 aliphatic heterocycles. The molecule has 1 heterocycles. The average molecular weight is 418 g/mol. The molecule has 0 aliphatic carbocycles. The van der Waals surface area contributed by atoms with E-state index < -0.39 is 22.7 Å². The van der Waals surface area contributed by atoms with Crippen LogP contribution in [0.4, 0.5) is 0 Å². The lowest BCUT2D eigenvalue weighted by atomic mass is 9.86. The fraction of sp³-hybridized carbons (Fsp3) is 0.269. The SMILES string of the molecule is COC(=O)C(Cc1ccccc1)[N+]1([O-])CC(OCc2ccccc2)C1c1ccccc1. The predicted octanol–water partition coefficient (Wildman–Crippen LogP) is 4.43. The zero-order chi connectivity index (χ0) is 21.7. The van der Waals surface area contributed by atoms with Gasteiger partial charge in [-0.15, -0.1) is 0 Å². The third-order valence-corrected chi connectivity index (χ3v) is 6.01. The van der Waals surface area contributed by atoms with Crippen molar-refractivity contribution in [3.05, 3.63) is 113 Å². The summed E-state index contributed by atoms with van der Waals surface area (Å²) in [4.78, 5) is 12.7. The van der Waals surface area contributed by atoms with Crippen molar-refractivity contribution in [2.24, 2.45) is 0 Å². The molecule has 3 aromatic carbocycles. The van der Waals surface area contributed by atoms with Gasteiger partial charge in [0.2, 0.25) is 0 Å². The first-order valence-electron chi connectivity index (χ1n) is 10.5. The van der Waals surface area contributed by atoms with Crippen LogP contribution in [-0.4, -0.2) is 36.4 Å². The Balaban J connectivity index is 1.61. The van der Waals surface area contributed by atoms with Crippen molar-refractivity contribution in [3.63, 3.8) is 0 Å². The van der Waals surface area contributed by atoms with Crippen LogP contribution in [0.3, 0.4) is 0 Å². The average Bonchev–Trinajstić information content (AvgIpc) is 2.81. The second-order valence-electron chi connectivity index (χ2n) is 7.96. The number of carbonyl (C=O) groups excluding carboxylic acids is 1. The van der Waals surface area contributed by atoms with E-state index in [1.165, 1.54) is 7.11 Å². The first-order chi connectivity index (χ1) is 15.1. The summed E-state index contributed by atoms with van der Waals surface area (Å²) in [7, 11) is 1.34. The molecule has 1 aliphatic rings. The van der Waals surface area contributed by atoms with Gasteiger partial charge in [0.25, 0.3) is 0 Å². The Kier molecular flexibility index (Phi) is 6.47. The number of hydrogen-bond donors (Lipinski definition) is 0. The molecule has 0 N–H and O–H groups in total. The molecule has 31 heavy (non-hydrogen) atoms. The van der Waals surface area contributed by atoms with Crippen LogP contribution in [-0.2, 0) is 27.3 Å². The molecule has 1 fully saturated rings. The van der Waals surface area contributed by atoms with E-state index in [4.69, 9.17) is 9.47 Å². The molecule has 4 atom stereocenters. The van der Waals surface area contributed by atoms with Crippen molar-refractivity contribution in [2.45, 2.75) is 31.2 Å². The molecule has 0 spiro atoms. The van der Waals surface area contributed by atoms with E-state index in [1.807, 2.05) is 91.0 Å². The summed E-state index contributed by atoms with van der Waals surface area (Å²) in [6, 6.07) is 27.8. The number of nitrogens with zero attached hydrogens (tertiary/aromatic N) is 1. The molecule has 0 saturated carbocycles. The molecule has 0 bridgehead atoms. The molecule has 0 aromatic heterocycles. The van der Waals surface area contributed by atoms with E-state index in [-0.39, 0.29) is 12.6 Å². The van der Waals surface area contributed by atoms with Gasteiger partial charge >= 0.3 is 5.97 Å². The quantitative estimate of drug-likeness (QED) is 0.309. The summed E-state index contributed by atoms with van der Waals surface area (Å²) in [6.45, 7) is 0.634. The summed E-state index contributed by atoms with van der Waals surface area (Å²) in [5.74, 6) is -0.485. The lowest BCUT2D eigenvalue weighted by Crippen LogP contribution is -2.71. The smallest absolute Gasteiger partial charge is 0.365 e. The van der Waals surface area contributed by atoms with Crippen molar-refractivity contribution >= 4 is 5.97 Å². The normalized spacial score (nSPS) is 23.5. The van der Waals surface area contributed by atoms with Crippen molar-refractivity contribution in [1.29, 1.82) is 0 Å². The molecule has 4 unspecified atom stereocenters. The number of hydrogen-bond acceptors (Lipinski definition) is 4. The van der Waals surface area contributed by atoms with E-state index in [2.05, 4.69) is 0 Å². The molecule has 0 amide bonds. The third-order valence-electron chi connectivity index (χ3n) is 6.01. The monoisotopic (exact) mass is 417 g/mol. The largest absolute Gasteiger partial charge is 0.632 e. The molecule has 160 valence electrons. The molecule has 5 heteroatoms. The molecule has 0 radical (unpaired) electrons. The topological polar surface area (TPSA) is 58.6 Å². The van der Waals surface area contributed by atoms with E-state index >= 15 is 0 Å². The van der Waals surface area contributed by atoms with Gasteiger partial charge in [-0.05, 0) is 11.1 Å². The zero-order valence-corrected chi connectivity index (χ0v) is 17.6. The molecule has 3 aromatic rings. The summed E-state index contributed by atoms with van der Waals surface area (Å²) in [5, 5.41) is 14.2. The molecule has 4 rings (SSSR count). The zero-order valence-electron chi connectivity index (χ0n) is 17.6. The standard InChI is InChI=1S/C26H27NO4/c1-30-26(28)23(17-20-11-5-2-6-12-20)27(29)18-24(25(27)22-15-9-4-10-16-22)31-19-21-13-7-3-8-14-21/h2-16,23-25H,17-19H2,1H3. The minimum atomic E-state index is -0.853. The predicted molar refractivity (Wildman–Crippen MR) is 119 cm³/mol. The Labute approximate surface area is 183 Å². The molecule has 5 nitrogen and oxygen atoms in total. The summed E-state index contributed by atoms with van der Waals surface area (Å²) < 4.78 is 10.6. The van der Waals surface area contributed by atoms with Crippen molar-refractivity contribution in [3.8, 4) is 0 Å². The van der Waals surface area contributed by atoms with Gasteiger partial charge in [0.05, 0.1) is 13.7 Å². The Bertz CT molecular complexity index is 980. The van der Waals surface area contributed by atoms with Crippen molar-refractivity contribution in [1.82, 2.24) is 0 Å². The van der Waals surface area contributed by atoms with Crippen molar-refractivity contribution < 1.29 is 18.9 Å². The Morgan fingerprint density at radius 3 is 2.06 bits per heavy atom. The van der Waals surface area contributed by atoms with Gasteiger partial charge in [-0.1, -0.05) is 91.0 Å². The maximum atomic E-state index is 14.2. The van der Waals surface area contributed by atoms with Gasteiger partial charge in [-0.2, -0.15) is 0 Å². The minimum Gasteiger partial charge on any atom is -0.632 e. The fourth-order valence-electron chi connectivity index (χ4n) is 4.39. The highest BCUT2D eigenvalue weighted by atomic mass is 16.6. The lowest BCUT2D eigenvalue weighted by Gasteiger charge is -2.62. The number of methoxy groups -OCH3 is 1. The number of rotatable bonds is 8. The maximum Gasteiger partial charge on any atom is 0.365 e. The first kappa shape index (κ1) is 21.2. The van der Waals surface area contributed by atoms with Gasteiger partial charge in [0.1, 0.15) is 12.6 Å². The van der Waals surface area contributed by atoms with E-state index in [1.54, 1.807) is 0 Å². The number of ether oxygens (including phenoxy) is 2. The highest BCUT2D eigenvalue weighted by Crippen LogP contribution is 2.46. The number of quaternary nitrogens is 1. The lowest BCUT2D eigenvalue weighted by molar-refractivity contribution is -0.977. The number of carbonyl (C=O) groups is 1. The van der Waals surface area contributed by atoms with Crippen LogP contribution in [0.5, 0.6) is 0 Å². The van der Waals surface area contributed by atoms with Crippen LogP contribution in [0, 0.1) is 5.21 Å². The van der Waals surface area contributed by atoms with Crippen LogP contribution < -0.4 is 0 Å². The minimum absolute atomic E-state index is 0.207. The van der Waals surface area contributed by atoms with Crippen LogP contribution in [0.1, 0.15) is 22.7 Å². The molecule has 1 saturated heterocycles. The highest BCUT2D eigenvalue weighted by molar-refractivity contribution is 5.75. The van der Waals surface area contributed by atoms with Crippen LogP contribution >= 0.6 is 0 Å². The number of likely N-dealkylation sites (tertiary alicyclic amines) is 1. The van der Waals surface area contributed by atoms with E-state index in [0.717, 1.165) is 16.7 Å². The van der Waals surface area contributed by atoms with E-state index in [9.17, 15) is 10.0 Å².